The summed E-state index contributed by atoms with van der Waals surface area (Å²) >= 11 is 5.94. The summed E-state index contributed by atoms with van der Waals surface area (Å²) in [6.07, 6.45) is 2.07. The van der Waals surface area contributed by atoms with Crippen molar-refractivity contribution in [3.05, 3.63) is 52.1 Å². The number of imidazole rings is 1. The highest BCUT2D eigenvalue weighted by Crippen LogP contribution is 2.17. The molecule has 84 valence electrons. The van der Waals surface area contributed by atoms with Crippen molar-refractivity contribution in [1.82, 2.24) is 9.55 Å². The van der Waals surface area contributed by atoms with Crippen LogP contribution >= 0.6 is 11.6 Å². The van der Waals surface area contributed by atoms with Crippen molar-refractivity contribution in [3.63, 3.8) is 0 Å². The molecule has 1 aromatic heterocycles. The number of hydrogen-bond donors (Lipinski definition) is 0. The van der Waals surface area contributed by atoms with Gasteiger partial charge in [-0.1, -0.05) is 17.7 Å². The van der Waals surface area contributed by atoms with Crippen LogP contribution < -0.4 is 0 Å². The Morgan fingerprint density at radius 2 is 2.00 bits per heavy atom. The lowest BCUT2D eigenvalue weighted by Gasteiger charge is -2.08. The highest BCUT2D eigenvalue weighted by molar-refractivity contribution is 6.30. The molecule has 0 bridgehead atoms. The van der Waals surface area contributed by atoms with Crippen LogP contribution in [0.25, 0.3) is 0 Å². The standard InChI is InChI=1S/C13H15ClN2/c1-9-6-13(14)5-4-12(9)8-16-7-10(2)15-11(16)3/h4-7H,8H2,1-3H3. The third-order valence-electron chi connectivity index (χ3n) is 2.74. The molecule has 16 heavy (non-hydrogen) atoms. The second kappa shape index (κ2) is 4.30. The molecule has 0 atom stereocenters. The minimum atomic E-state index is 0.791. The zero-order chi connectivity index (χ0) is 11.7. The lowest BCUT2D eigenvalue weighted by Crippen LogP contribution is -2.02. The van der Waals surface area contributed by atoms with Crippen molar-refractivity contribution >= 4 is 11.6 Å². The molecule has 0 aliphatic rings. The molecule has 2 nitrogen and oxygen atoms in total. The van der Waals surface area contributed by atoms with Gasteiger partial charge in [0.05, 0.1) is 5.69 Å². The fourth-order valence-electron chi connectivity index (χ4n) is 1.85. The van der Waals surface area contributed by atoms with E-state index in [1.54, 1.807) is 0 Å². The first-order valence-corrected chi connectivity index (χ1v) is 5.69. The van der Waals surface area contributed by atoms with Gasteiger partial charge in [0.2, 0.25) is 0 Å². The summed E-state index contributed by atoms with van der Waals surface area (Å²) in [5, 5.41) is 0.791. The van der Waals surface area contributed by atoms with E-state index in [1.165, 1.54) is 11.1 Å². The average Bonchev–Trinajstić information content (AvgIpc) is 2.50. The predicted octanol–water partition coefficient (Wildman–Crippen LogP) is 3.51. The van der Waals surface area contributed by atoms with E-state index >= 15 is 0 Å². The van der Waals surface area contributed by atoms with Crippen LogP contribution in [0.4, 0.5) is 0 Å². The molecule has 0 radical (unpaired) electrons. The first-order valence-electron chi connectivity index (χ1n) is 5.31. The minimum absolute atomic E-state index is 0.791. The van der Waals surface area contributed by atoms with Crippen LogP contribution in [-0.2, 0) is 6.54 Å². The Morgan fingerprint density at radius 3 is 2.56 bits per heavy atom. The second-order valence-corrected chi connectivity index (χ2v) is 4.56. The maximum atomic E-state index is 5.94. The van der Waals surface area contributed by atoms with Crippen molar-refractivity contribution in [3.8, 4) is 0 Å². The summed E-state index contributed by atoms with van der Waals surface area (Å²) < 4.78 is 2.16. The fraction of sp³-hybridized carbons (Fsp3) is 0.308. The number of hydrogen-bond acceptors (Lipinski definition) is 1. The first-order chi connectivity index (χ1) is 7.56. The molecule has 0 unspecified atom stereocenters. The minimum Gasteiger partial charge on any atom is -0.330 e. The number of benzene rings is 1. The van der Waals surface area contributed by atoms with Crippen LogP contribution in [0, 0.1) is 20.8 Å². The summed E-state index contributed by atoms with van der Waals surface area (Å²) in [6.45, 7) is 6.98. The smallest absolute Gasteiger partial charge is 0.106 e. The van der Waals surface area contributed by atoms with Crippen molar-refractivity contribution in [2.75, 3.05) is 0 Å². The molecule has 0 saturated heterocycles. The Hall–Kier alpha value is -1.28. The van der Waals surface area contributed by atoms with Crippen LogP contribution in [0.1, 0.15) is 22.6 Å². The molecule has 0 spiro atoms. The van der Waals surface area contributed by atoms with Crippen LogP contribution in [0.3, 0.4) is 0 Å². The average molecular weight is 235 g/mol. The Kier molecular flexibility index (Phi) is 3.01. The van der Waals surface area contributed by atoms with Gasteiger partial charge >= 0.3 is 0 Å². The maximum absolute atomic E-state index is 5.94. The topological polar surface area (TPSA) is 17.8 Å². The Morgan fingerprint density at radius 1 is 1.25 bits per heavy atom. The molecule has 0 fully saturated rings. The van der Waals surface area contributed by atoms with E-state index in [2.05, 4.69) is 28.7 Å². The van der Waals surface area contributed by atoms with Gasteiger partial charge in [-0.3, -0.25) is 0 Å². The highest BCUT2D eigenvalue weighted by atomic mass is 35.5. The quantitative estimate of drug-likeness (QED) is 0.778. The maximum Gasteiger partial charge on any atom is 0.106 e. The van der Waals surface area contributed by atoms with Crippen LogP contribution in [0.15, 0.2) is 24.4 Å². The van der Waals surface area contributed by atoms with Gasteiger partial charge in [-0.15, -0.1) is 0 Å². The van der Waals surface area contributed by atoms with Crippen molar-refractivity contribution in [2.24, 2.45) is 0 Å². The molecule has 1 aromatic carbocycles. The number of nitrogens with zero attached hydrogens (tertiary/aromatic N) is 2. The molecule has 0 aliphatic carbocycles. The summed E-state index contributed by atoms with van der Waals surface area (Å²) in [5.41, 5.74) is 3.56. The van der Waals surface area contributed by atoms with Crippen LogP contribution in [0.2, 0.25) is 5.02 Å². The van der Waals surface area contributed by atoms with E-state index < -0.39 is 0 Å². The molecule has 0 aliphatic heterocycles. The Labute approximate surface area is 101 Å². The molecular weight excluding hydrogens is 220 g/mol. The van der Waals surface area contributed by atoms with Gasteiger partial charge < -0.3 is 4.57 Å². The zero-order valence-corrected chi connectivity index (χ0v) is 10.5. The highest BCUT2D eigenvalue weighted by Gasteiger charge is 2.04. The summed E-state index contributed by atoms with van der Waals surface area (Å²) in [4.78, 5) is 4.39. The normalized spacial score (nSPS) is 10.8. The molecule has 0 amide bonds. The molecule has 0 saturated carbocycles. The lowest BCUT2D eigenvalue weighted by molar-refractivity contribution is 0.757. The van der Waals surface area contributed by atoms with E-state index in [-0.39, 0.29) is 0 Å². The third kappa shape index (κ3) is 2.27. The van der Waals surface area contributed by atoms with Gasteiger partial charge in [0, 0.05) is 17.8 Å². The molecule has 2 aromatic rings. The monoisotopic (exact) mass is 234 g/mol. The van der Waals surface area contributed by atoms with Gasteiger partial charge in [-0.25, -0.2) is 4.98 Å². The lowest BCUT2D eigenvalue weighted by atomic mass is 10.1. The molecule has 0 N–H and O–H groups in total. The van der Waals surface area contributed by atoms with E-state index in [4.69, 9.17) is 11.6 Å². The van der Waals surface area contributed by atoms with Gasteiger partial charge in [0.1, 0.15) is 5.82 Å². The predicted molar refractivity (Wildman–Crippen MR) is 67.0 cm³/mol. The van der Waals surface area contributed by atoms with Gasteiger partial charge in [0.15, 0.2) is 0 Å². The largest absolute Gasteiger partial charge is 0.330 e. The van der Waals surface area contributed by atoms with E-state index in [0.29, 0.717) is 0 Å². The zero-order valence-electron chi connectivity index (χ0n) is 9.79. The van der Waals surface area contributed by atoms with Gasteiger partial charge in [-0.2, -0.15) is 0 Å². The van der Waals surface area contributed by atoms with Gasteiger partial charge in [-0.05, 0) is 44.0 Å². The number of halogens is 1. The summed E-state index contributed by atoms with van der Waals surface area (Å²) in [5.74, 6) is 1.05. The van der Waals surface area contributed by atoms with E-state index in [1.807, 2.05) is 26.0 Å². The molecule has 3 heteroatoms. The van der Waals surface area contributed by atoms with Crippen molar-refractivity contribution in [1.29, 1.82) is 0 Å². The summed E-state index contributed by atoms with van der Waals surface area (Å²) in [6, 6.07) is 6.01. The second-order valence-electron chi connectivity index (χ2n) is 4.13. The van der Waals surface area contributed by atoms with Crippen LogP contribution in [-0.4, -0.2) is 9.55 Å². The number of rotatable bonds is 2. The van der Waals surface area contributed by atoms with E-state index in [9.17, 15) is 0 Å². The first kappa shape index (κ1) is 11.2. The number of aryl methyl sites for hydroxylation is 3. The van der Waals surface area contributed by atoms with E-state index in [0.717, 1.165) is 23.1 Å². The SMILES string of the molecule is Cc1cn(Cc2ccc(Cl)cc2C)c(C)n1. The third-order valence-corrected chi connectivity index (χ3v) is 2.98. The number of aromatic nitrogens is 2. The molecule has 1 heterocycles. The molecule has 2 rings (SSSR count). The molecular formula is C13H15ClN2. The Bertz CT molecular complexity index is 515. The summed E-state index contributed by atoms with van der Waals surface area (Å²) in [7, 11) is 0. The fourth-order valence-corrected chi connectivity index (χ4v) is 2.07. The van der Waals surface area contributed by atoms with Gasteiger partial charge in [0.25, 0.3) is 0 Å². The Balaban J connectivity index is 2.30. The van der Waals surface area contributed by atoms with Crippen LogP contribution in [0.5, 0.6) is 0 Å². The van der Waals surface area contributed by atoms with Crippen molar-refractivity contribution < 1.29 is 0 Å². The van der Waals surface area contributed by atoms with Crippen molar-refractivity contribution in [2.45, 2.75) is 27.3 Å².